The van der Waals surface area contributed by atoms with Crippen LogP contribution in [0.2, 0.25) is 0 Å². The van der Waals surface area contributed by atoms with E-state index in [0.717, 1.165) is 42.0 Å². The van der Waals surface area contributed by atoms with Gasteiger partial charge in [-0.3, -0.25) is 14.6 Å². The van der Waals surface area contributed by atoms with E-state index in [1.165, 1.54) is 11.3 Å². The van der Waals surface area contributed by atoms with Crippen molar-refractivity contribution in [1.82, 2.24) is 14.8 Å². The van der Waals surface area contributed by atoms with Gasteiger partial charge in [0.15, 0.2) is 0 Å². The standard InChI is InChI=1S/C27H31N3O4S/c1-16(2)25-22(27-28-20-6-4-5-7-21(20)35-27)24(33)19-14-18(23(32)17(3)26(19)34-25)15-30-10-8-29(9-11-30)12-13-31/h4-7,14,16,31-32H,8-13,15H2,1-3H3. The van der Waals surface area contributed by atoms with E-state index < -0.39 is 0 Å². The summed E-state index contributed by atoms with van der Waals surface area (Å²) < 4.78 is 7.37. The molecule has 1 aliphatic heterocycles. The van der Waals surface area contributed by atoms with Crippen LogP contribution < -0.4 is 5.43 Å². The number of phenolic OH excluding ortho intramolecular Hbond substituents is 1. The molecule has 2 N–H and O–H groups in total. The Morgan fingerprint density at radius 1 is 1.14 bits per heavy atom. The number of hydrogen-bond acceptors (Lipinski definition) is 8. The van der Waals surface area contributed by atoms with E-state index >= 15 is 0 Å². The number of benzene rings is 2. The molecule has 2 aromatic heterocycles. The van der Waals surface area contributed by atoms with E-state index in [9.17, 15) is 15.0 Å². The number of aromatic hydroxyl groups is 1. The maximum atomic E-state index is 13.9. The van der Waals surface area contributed by atoms with Gasteiger partial charge in [0.2, 0.25) is 5.43 Å². The average molecular weight is 494 g/mol. The number of phenols is 1. The molecular formula is C27H31N3O4S. The number of β-amino-alcohol motifs (C(OH)–C–C–N with tert-alkyl or cyclic N) is 1. The third-order valence-corrected chi connectivity index (χ3v) is 7.85. The Bertz CT molecular complexity index is 1400. The number of piperazine rings is 1. The predicted molar refractivity (Wildman–Crippen MR) is 140 cm³/mol. The molecule has 2 aromatic carbocycles. The third-order valence-electron chi connectivity index (χ3n) is 6.80. The van der Waals surface area contributed by atoms with Gasteiger partial charge >= 0.3 is 0 Å². The van der Waals surface area contributed by atoms with Crippen molar-refractivity contribution in [2.24, 2.45) is 0 Å². The van der Waals surface area contributed by atoms with Crippen LogP contribution in [0.1, 0.15) is 36.7 Å². The van der Waals surface area contributed by atoms with E-state index in [1.807, 2.05) is 45.0 Å². The normalized spacial score (nSPS) is 15.6. The molecule has 0 unspecified atom stereocenters. The van der Waals surface area contributed by atoms with Crippen LogP contribution >= 0.6 is 11.3 Å². The number of aliphatic hydroxyl groups excluding tert-OH is 1. The Morgan fingerprint density at radius 3 is 2.54 bits per heavy atom. The van der Waals surface area contributed by atoms with E-state index in [4.69, 9.17) is 9.40 Å². The van der Waals surface area contributed by atoms with Gasteiger partial charge < -0.3 is 14.6 Å². The van der Waals surface area contributed by atoms with Crippen LogP contribution in [-0.2, 0) is 6.54 Å². The quantitative estimate of drug-likeness (QED) is 0.413. The van der Waals surface area contributed by atoms with Crippen LogP contribution in [0.5, 0.6) is 5.75 Å². The zero-order valence-corrected chi connectivity index (χ0v) is 21.2. The van der Waals surface area contributed by atoms with Crippen molar-refractivity contribution in [3.05, 3.63) is 57.4 Å². The lowest BCUT2D eigenvalue weighted by molar-refractivity contribution is 0.108. The summed E-state index contributed by atoms with van der Waals surface area (Å²) >= 11 is 1.50. The lowest BCUT2D eigenvalue weighted by Crippen LogP contribution is -2.46. The number of fused-ring (bicyclic) bond motifs is 2. The van der Waals surface area contributed by atoms with Crippen LogP contribution in [0, 0.1) is 6.92 Å². The molecule has 1 saturated heterocycles. The number of thiazole rings is 1. The highest BCUT2D eigenvalue weighted by Crippen LogP contribution is 2.37. The summed E-state index contributed by atoms with van der Waals surface area (Å²) in [6.45, 7) is 10.6. The van der Waals surface area contributed by atoms with Crippen LogP contribution in [0.25, 0.3) is 31.8 Å². The summed E-state index contributed by atoms with van der Waals surface area (Å²) in [4.78, 5) is 23.2. The molecule has 4 aromatic rings. The fourth-order valence-corrected chi connectivity index (χ4v) is 5.84. The monoisotopic (exact) mass is 493 g/mol. The minimum absolute atomic E-state index is 0.0226. The molecule has 0 bridgehead atoms. The number of nitrogens with zero attached hydrogens (tertiary/aromatic N) is 3. The molecule has 0 aliphatic carbocycles. The fraction of sp³-hybridized carbons (Fsp3) is 0.407. The second kappa shape index (κ2) is 9.70. The number of aliphatic hydroxyl groups is 1. The largest absolute Gasteiger partial charge is 0.507 e. The minimum atomic E-state index is -0.105. The number of aromatic nitrogens is 1. The summed E-state index contributed by atoms with van der Waals surface area (Å²) in [5, 5.41) is 21.3. The van der Waals surface area contributed by atoms with Gasteiger partial charge in [-0.1, -0.05) is 26.0 Å². The summed E-state index contributed by atoms with van der Waals surface area (Å²) in [5.41, 5.74) is 3.03. The zero-order chi connectivity index (χ0) is 24.7. The zero-order valence-electron chi connectivity index (χ0n) is 20.4. The Hall–Kier alpha value is -2.78. The second-order valence-corrected chi connectivity index (χ2v) is 10.6. The highest BCUT2D eigenvalue weighted by Gasteiger charge is 2.25. The summed E-state index contributed by atoms with van der Waals surface area (Å²) in [6, 6.07) is 9.67. The molecule has 0 saturated carbocycles. The molecule has 1 aliphatic rings. The maximum Gasteiger partial charge on any atom is 0.203 e. The average Bonchev–Trinajstić information content (AvgIpc) is 3.27. The number of para-hydroxylation sites is 1. The van der Waals surface area contributed by atoms with Crippen LogP contribution in [0.4, 0.5) is 0 Å². The second-order valence-electron chi connectivity index (χ2n) is 9.54. The fourth-order valence-electron chi connectivity index (χ4n) is 4.83. The number of rotatable bonds is 6. The summed E-state index contributed by atoms with van der Waals surface area (Å²) in [6.07, 6.45) is 0. The van der Waals surface area contributed by atoms with Gasteiger partial charge in [0.05, 0.1) is 27.8 Å². The SMILES string of the molecule is Cc1c(O)c(CN2CCN(CCO)CC2)cc2c(=O)c(-c3nc4ccccc4s3)c(C(C)C)oc12. The molecule has 0 radical (unpaired) electrons. The molecule has 0 atom stereocenters. The van der Waals surface area contributed by atoms with Crippen molar-refractivity contribution in [2.45, 2.75) is 33.2 Å². The van der Waals surface area contributed by atoms with Crippen molar-refractivity contribution in [3.63, 3.8) is 0 Å². The Kier molecular flexibility index (Phi) is 6.63. The van der Waals surface area contributed by atoms with E-state index in [0.29, 0.717) is 46.0 Å². The van der Waals surface area contributed by atoms with E-state index in [2.05, 4.69) is 9.80 Å². The minimum Gasteiger partial charge on any atom is -0.507 e. The van der Waals surface area contributed by atoms with Crippen molar-refractivity contribution in [1.29, 1.82) is 0 Å². The first kappa shape index (κ1) is 23.9. The van der Waals surface area contributed by atoms with Crippen molar-refractivity contribution in [3.8, 4) is 16.3 Å². The maximum absolute atomic E-state index is 13.9. The molecule has 1 fully saturated rings. The predicted octanol–water partition coefficient (Wildman–Crippen LogP) is 4.32. The molecular weight excluding hydrogens is 462 g/mol. The van der Waals surface area contributed by atoms with E-state index in [1.54, 1.807) is 6.07 Å². The van der Waals surface area contributed by atoms with Gasteiger partial charge in [0.1, 0.15) is 22.1 Å². The van der Waals surface area contributed by atoms with Crippen LogP contribution in [-0.4, -0.2) is 64.3 Å². The first-order valence-corrected chi connectivity index (χ1v) is 12.9. The van der Waals surface area contributed by atoms with Crippen molar-refractivity contribution in [2.75, 3.05) is 39.3 Å². The van der Waals surface area contributed by atoms with Crippen molar-refractivity contribution < 1.29 is 14.6 Å². The van der Waals surface area contributed by atoms with Crippen LogP contribution in [0.15, 0.2) is 39.5 Å². The Balaban J connectivity index is 1.60. The first-order chi connectivity index (χ1) is 16.9. The van der Waals surface area contributed by atoms with E-state index in [-0.39, 0.29) is 23.7 Å². The van der Waals surface area contributed by atoms with Crippen molar-refractivity contribution >= 4 is 32.5 Å². The molecule has 35 heavy (non-hydrogen) atoms. The van der Waals surface area contributed by atoms with Crippen LogP contribution in [0.3, 0.4) is 0 Å². The van der Waals surface area contributed by atoms with Gasteiger partial charge in [-0.25, -0.2) is 4.98 Å². The molecule has 5 rings (SSSR count). The van der Waals surface area contributed by atoms with Gasteiger partial charge in [0.25, 0.3) is 0 Å². The number of hydrogen-bond donors (Lipinski definition) is 2. The summed E-state index contributed by atoms with van der Waals surface area (Å²) in [5.74, 6) is 0.753. The summed E-state index contributed by atoms with van der Waals surface area (Å²) in [7, 11) is 0. The lowest BCUT2D eigenvalue weighted by Gasteiger charge is -2.34. The Morgan fingerprint density at radius 2 is 1.86 bits per heavy atom. The lowest BCUT2D eigenvalue weighted by atomic mass is 9.99. The molecule has 184 valence electrons. The number of aryl methyl sites for hydroxylation is 1. The topological polar surface area (TPSA) is 90.0 Å². The molecule has 3 heterocycles. The molecule has 7 nitrogen and oxygen atoms in total. The van der Waals surface area contributed by atoms with Gasteiger partial charge in [-0.2, -0.15) is 0 Å². The highest BCUT2D eigenvalue weighted by molar-refractivity contribution is 7.21. The first-order valence-electron chi connectivity index (χ1n) is 12.1. The molecule has 0 amide bonds. The van der Waals surface area contributed by atoms with Gasteiger partial charge in [-0.15, -0.1) is 11.3 Å². The molecule has 8 heteroatoms. The highest BCUT2D eigenvalue weighted by atomic mass is 32.1. The third kappa shape index (κ3) is 4.47. The molecule has 0 spiro atoms. The Labute approximate surface area is 208 Å². The van der Waals surface area contributed by atoms with Gasteiger partial charge in [-0.05, 0) is 25.1 Å². The van der Waals surface area contributed by atoms with Gasteiger partial charge in [0, 0.05) is 56.3 Å². The smallest absolute Gasteiger partial charge is 0.203 e.